The summed E-state index contributed by atoms with van der Waals surface area (Å²) >= 11 is 0. The number of nitrogens with zero attached hydrogens (tertiary/aromatic N) is 2. The van der Waals surface area contributed by atoms with Gasteiger partial charge in [-0.15, -0.1) is 0 Å². The van der Waals surface area contributed by atoms with Crippen molar-refractivity contribution in [2.24, 2.45) is 0 Å². The van der Waals surface area contributed by atoms with Crippen molar-refractivity contribution in [3.63, 3.8) is 0 Å². The molecule has 0 atom stereocenters. The first-order valence-electron chi connectivity index (χ1n) is 9.43. The molecule has 1 heterocycles. The average molecular weight is 292 g/mol. The Balaban J connectivity index is 1.71. The Morgan fingerprint density at radius 1 is 0.667 bits per heavy atom. The molecule has 0 radical (unpaired) electrons. The van der Waals surface area contributed by atoms with Gasteiger partial charge in [0.2, 0.25) is 0 Å². The van der Waals surface area contributed by atoms with E-state index in [1.54, 1.807) is 0 Å². The summed E-state index contributed by atoms with van der Waals surface area (Å²) in [6.07, 6.45) is 16.7. The molecule has 0 spiro atoms. The maximum atomic E-state index is 13.1. The average Bonchev–Trinajstić information content (AvgIpc) is 2.58. The molecule has 21 heavy (non-hydrogen) atoms. The predicted octanol–water partition coefficient (Wildman–Crippen LogP) is 4.56. The van der Waals surface area contributed by atoms with Crippen LogP contribution in [0.4, 0.5) is 4.79 Å². The van der Waals surface area contributed by atoms with E-state index in [0.717, 1.165) is 13.1 Å². The molecule has 3 heteroatoms. The van der Waals surface area contributed by atoms with E-state index in [4.69, 9.17) is 0 Å². The molecule has 0 unspecified atom stereocenters. The lowest BCUT2D eigenvalue weighted by atomic mass is 9.89. The highest BCUT2D eigenvalue weighted by atomic mass is 16.2. The molecule has 3 fully saturated rings. The van der Waals surface area contributed by atoms with E-state index in [1.807, 2.05) is 0 Å². The molecule has 3 rings (SSSR count). The summed E-state index contributed by atoms with van der Waals surface area (Å²) in [5.41, 5.74) is 0. The van der Waals surface area contributed by atoms with Crippen molar-refractivity contribution in [2.45, 2.75) is 95.6 Å². The third kappa shape index (κ3) is 3.73. The van der Waals surface area contributed by atoms with Gasteiger partial charge in [0, 0.05) is 25.2 Å². The maximum absolute atomic E-state index is 13.1. The zero-order chi connectivity index (χ0) is 14.5. The van der Waals surface area contributed by atoms with Gasteiger partial charge in [-0.25, -0.2) is 4.79 Å². The van der Waals surface area contributed by atoms with Crippen LogP contribution in [0, 0.1) is 0 Å². The first-order valence-corrected chi connectivity index (χ1v) is 9.43. The number of amides is 2. The van der Waals surface area contributed by atoms with Gasteiger partial charge in [-0.2, -0.15) is 0 Å². The van der Waals surface area contributed by atoms with Crippen LogP contribution in [-0.4, -0.2) is 41.0 Å². The summed E-state index contributed by atoms with van der Waals surface area (Å²) in [4.78, 5) is 17.7. The van der Waals surface area contributed by atoms with E-state index in [-0.39, 0.29) is 0 Å². The van der Waals surface area contributed by atoms with Crippen LogP contribution in [-0.2, 0) is 0 Å². The van der Waals surface area contributed by atoms with Gasteiger partial charge >= 0.3 is 6.03 Å². The molecule has 2 saturated carbocycles. The Bertz CT molecular complexity index is 308. The van der Waals surface area contributed by atoms with Gasteiger partial charge in [0.1, 0.15) is 0 Å². The summed E-state index contributed by atoms with van der Waals surface area (Å²) in [6, 6.07) is 1.46. The second-order valence-electron chi connectivity index (χ2n) is 7.32. The minimum Gasteiger partial charge on any atom is -0.325 e. The van der Waals surface area contributed by atoms with E-state index in [1.165, 1.54) is 83.5 Å². The van der Waals surface area contributed by atoms with Crippen LogP contribution in [0.1, 0.15) is 83.5 Å². The van der Waals surface area contributed by atoms with Crippen LogP contribution < -0.4 is 0 Å². The van der Waals surface area contributed by atoms with Crippen LogP contribution >= 0.6 is 0 Å². The van der Waals surface area contributed by atoms with Crippen LogP contribution in [0.15, 0.2) is 0 Å². The van der Waals surface area contributed by atoms with Gasteiger partial charge in [0.05, 0.1) is 0 Å². The van der Waals surface area contributed by atoms with E-state index in [0.29, 0.717) is 18.1 Å². The Morgan fingerprint density at radius 3 is 1.57 bits per heavy atom. The molecule has 0 aromatic carbocycles. The summed E-state index contributed by atoms with van der Waals surface area (Å²) in [7, 11) is 0. The topological polar surface area (TPSA) is 23.6 Å². The second-order valence-corrected chi connectivity index (χ2v) is 7.32. The van der Waals surface area contributed by atoms with Gasteiger partial charge in [-0.1, -0.05) is 38.5 Å². The number of rotatable bonds is 2. The standard InChI is InChI=1S/C18H32N2O/c21-18(19-14-8-3-9-15-19)20(16-10-4-1-5-11-16)17-12-6-2-7-13-17/h16-17H,1-15H2. The van der Waals surface area contributed by atoms with Gasteiger partial charge in [0.15, 0.2) is 0 Å². The van der Waals surface area contributed by atoms with Crippen molar-refractivity contribution in [1.29, 1.82) is 0 Å². The van der Waals surface area contributed by atoms with E-state index in [2.05, 4.69) is 9.80 Å². The number of carbonyl (C=O) groups excluding carboxylic acids is 1. The van der Waals surface area contributed by atoms with E-state index < -0.39 is 0 Å². The molecule has 120 valence electrons. The van der Waals surface area contributed by atoms with Crippen molar-refractivity contribution in [1.82, 2.24) is 9.80 Å². The first kappa shape index (κ1) is 15.2. The summed E-state index contributed by atoms with van der Waals surface area (Å²) in [5.74, 6) is 0. The fourth-order valence-corrected chi connectivity index (χ4v) is 4.58. The van der Waals surface area contributed by atoms with E-state index >= 15 is 0 Å². The maximum Gasteiger partial charge on any atom is 0.320 e. The Morgan fingerprint density at radius 2 is 1.10 bits per heavy atom. The normalized spacial score (nSPS) is 25.8. The number of piperidine rings is 1. The quantitative estimate of drug-likeness (QED) is 0.732. The number of hydrogen-bond donors (Lipinski definition) is 0. The molecule has 0 bridgehead atoms. The lowest BCUT2D eigenvalue weighted by Gasteiger charge is -2.44. The Hall–Kier alpha value is -0.730. The van der Waals surface area contributed by atoms with Gasteiger partial charge < -0.3 is 9.80 Å². The molecule has 3 aliphatic rings. The van der Waals surface area contributed by atoms with Gasteiger partial charge in [-0.05, 0) is 44.9 Å². The Kier molecular flexibility index (Phi) is 5.43. The van der Waals surface area contributed by atoms with Crippen LogP contribution in [0.5, 0.6) is 0 Å². The second kappa shape index (κ2) is 7.51. The molecule has 0 aromatic rings. The molecule has 0 aromatic heterocycles. The first-order chi connectivity index (χ1) is 10.4. The number of hydrogen-bond acceptors (Lipinski definition) is 1. The SMILES string of the molecule is O=C(N1CCCCC1)N(C1CCCCC1)C1CCCCC1. The largest absolute Gasteiger partial charge is 0.325 e. The van der Waals surface area contributed by atoms with Crippen molar-refractivity contribution in [3.8, 4) is 0 Å². The molecule has 3 nitrogen and oxygen atoms in total. The highest BCUT2D eigenvalue weighted by Crippen LogP contribution is 2.31. The molecule has 0 N–H and O–H groups in total. The van der Waals surface area contributed by atoms with Crippen LogP contribution in [0.2, 0.25) is 0 Å². The highest BCUT2D eigenvalue weighted by Gasteiger charge is 2.35. The number of urea groups is 1. The van der Waals surface area contributed by atoms with Gasteiger partial charge in [0.25, 0.3) is 0 Å². The molecular formula is C18H32N2O. The van der Waals surface area contributed by atoms with Gasteiger partial charge in [-0.3, -0.25) is 0 Å². The van der Waals surface area contributed by atoms with Crippen LogP contribution in [0.3, 0.4) is 0 Å². The highest BCUT2D eigenvalue weighted by molar-refractivity contribution is 5.75. The van der Waals surface area contributed by atoms with E-state index in [9.17, 15) is 4.79 Å². The van der Waals surface area contributed by atoms with Crippen molar-refractivity contribution in [2.75, 3.05) is 13.1 Å². The van der Waals surface area contributed by atoms with Crippen molar-refractivity contribution >= 4 is 6.03 Å². The monoisotopic (exact) mass is 292 g/mol. The lowest BCUT2D eigenvalue weighted by Crippen LogP contribution is -2.54. The summed E-state index contributed by atoms with van der Waals surface area (Å²) in [5, 5.41) is 0. The number of likely N-dealkylation sites (tertiary alicyclic amines) is 1. The molecule has 2 amide bonds. The third-order valence-electron chi connectivity index (χ3n) is 5.78. The predicted molar refractivity (Wildman–Crippen MR) is 86.4 cm³/mol. The fourth-order valence-electron chi connectivity index (χ4n) is 4.58. The smallest absolute Gasteiger partial charge is 0.320 e. The summed E-state index contributed by atoms with van der Waals surface area (Å²) < 4.78 is 0. The lowest BCUT2D eigenvalue weighted by molar-refractivity contribution is 0.0742. The minimum atomic E-state index is 0.383. The molecule has 1 aliphatic heterocycles. The van der Waals surface area contributed by atoms with Crippen molar-refractivity contribution < 1.29 is 4.79 Å². The van der Waals surface area contributed by atoms with Crippen LogP contribution in [0.25, 0.3) is 0 Å². The molecule has 1 saturated heterocycles. The Labute approximate surface area is 130 Å². The molecular weight excluding hydrogens is 260 g/mol. The fraction of sp³-hybridized carbons (Fsp3) is 0.944. The molecule has 2 aliphatic carbocycles. The third-order valence-corrected chi connectivity index (χ3v) is 5.78. The zero-order valence-corrected chi connectivity index (χ0v) is 13.6. The minimum absolute atomic E-state index is 0.383. The number of carbonyl (C=O) groups is 1. The summed E-state index contributed by atoms with van der Waals surface area (Å²) in [6.45, 7) is 1.99. The zero-order valence-electron chi connectivity index (χ0n) is 13.6. The van der Waals surface area contributed by atoms with Crippen molar-refractivity contribution in [3.05, 3.63) is 0 Å².